The summed E-state index contributed by atoms with van der Waals surface area (Å²) in [7, 11) is -4.39. The number of hydrogen-bond acceptors (Lipinski definition) is 11. The van der Waals surface area contributed by atoms with Gasteiger partial charge in [0.1, 0.15) is 36.1 Å². The third-order valence-corrected chi connectivity index (χ3v) is 11.0. The van der Waals surface area contributed by atoms with Crippen molar-refractivity contribution in [2.75, 3.05) is 12.0 Å². The Morgan fingerprint density at radius 2 is 1.65 bits per heavy atom. The monoisotopic (exact) mass is 754 g/mol. The standard InChI is InChI=1S/C22H24N4O6S2.C12H11O4P/c1-12(27)16-17-15(11-13-3-5-14(6-4-13)26(31)32)19(18(21(29)30)25(17)20(16)28)34-10-9-24-8-7-23-22(24)33-2;13-17(14,15-11-7-3-1-4-8-11)16-12-9-5-2-6-10-12/h3-8,12,15-17,27H,9-11H2,1-2H3,(H,29,30);1-10H,(H,13,14)/t12-,15?,16-,17+;/m1./s1. The van der Waals surface area contributed by atoms with Crippen LogP contribution in [0.4, 0.5) is 5.69 Å². The van der Waals surface area contributed by atoms with Gasteiger partial charge in [-0.3, -0.25) is 14.9 Å². The highest BCUT2D eigenvalue weighted by Crippen LogP contribution is 2.51. The Bertz CT molecular complexity index is 1880. The highest BCUT2D eigenvalue weighted by atomic mass is 32.2. The Labute approximate surface area is 301 Å². The second-order valence-corrected chi connectivity index (χ2v) is 14.7. The maximum Gasteiger partial charge on any atom is 0.372 e. The number of para-hydroxylation sites is 2. The molecular weight excluding hydrogens is 720 g/mol. The van der Waals surface area contributed by atoms with Crippen LogP contribution in [0, 0.1) is 22.0 Å². The van der Waals surface area contributed by atoms with Gasteiger partial charge >= 0.3 is 18.9 Å². The van der Waals surface area contributed by atoms with E-state index in [-0.39, 0.29) is 34.7 Å². The number of phosphoric acid groups is 1. The molecule has 1 unspecified atom stereocenters. The van der Waals surface area contributed by atoms with E-state index < -0.39 is 36.8 Å². The highest BCUT2D eigenvalue weighted by molar-refractivity contribution is 8.03. The number of hydrogen-bond donors (Lipinski definition) is 3. The molecule has 268 valence electrons. The molecule has 0 radical (unpaired) electrons. The molecule has 3 heterocycles. The molecule has 0 saturated carbocycles. The van der Waals surface area contributed by atoms with Crippen molar-refractivity contribution in [2.45, 2.75) is 37.2 Å². The van der Waals surface area contributed by atoms with E-state index in [4.69, 9.17) is 9.05 Å². The number of carboxylic acid groups (broad SMARTS) is 1. The number of aromatic nitrogens is 2. The number of β-lactam (4-membered cyclic amide) rings is 1. The van der Waals surface area contributed by atoms with Crippen LogP contribution in [0.3, 0.4) is 0 Å². The average Bonchev–Trinajstić information content (AvgIpc) is 3.66. The predicted octanol–water partition coefficient (Wildman–Crippen LogP) is 4.65. The van der Waals surface area contributed by atoms with Crippen LogP contribution in [0.1, 0.15) is 12.5 Å². The smallest absolute Gasteiger partial charge is 0.372 e. The molecule has 4 aromatic rings. The fraction of sp³-hybridized carbons (Fsp3) is 0.265. The van der Waals surface area contributed by atoms with Crippen LogP contribution >= 0.6 is 31.3 Å². The lowest BCUT2D eigenvalue weighted by molar-refractivity contribution is -0.727. The Kier molecular flexibility index (Phi) is 12.3. The number of nitro groups is 1. The maximum absolute atomic E-state index is 12.8. The Morgan fingerprint density at radius 1 is 1.06 bits per heavy atom. The number of benzene rings is 3. The van der Waals surface area contributed by atoms with Crippen LogP contribution < -0.4 is 18.5 Å². The van der Waals surface area contributed by atoms with Crippen molar-refractivity contribution >= 4 is 48.9 Å². The molecule has 0 aliphatic carbocycles. The first-order valence-electron chi connectivity index (χ1n) is 15.7. The largest absolute Gasteiger partial charge is 0.736 e. The molecule has 6 rings (SSSR count). The first kappa shape index (κ1) is 37.7. The zero-order valence-corrected chi connectivity index (χ0v) is 30.0. The number of non-ortho nitro benzene ring substituents is 1. The lowest BCUT2D eigenvalue weighted by Gasteiger charge is -2.47. The van der Waals surface area contributed by atoms with Crippen LogP contribution in [-0.2, 0) is 27.1 Å². The molecule has 3 aromatic carbocycles. The van der Waals surface area contributed by atoms with E-state index in [9.17, 15) is 39.4 Å². The van der Waals surface area contributed by atoms with Crippen molar-refractivity contribution in [1.82, 2.24) is 9.88 Å². The molecule has 0 bridgehead atoms. The number of nitrogens with one attached hydrogen (secondary N) is 1. The Hall–Kier alpha value is -4.60. The number of carboxylic acids is 1. The zero-order valence-electron chi connectivity index (χ0n) is 27.4. The summed E-state index contributed by atoms with van der Waals surface area (Å²) in [5.41, 5.74) is 0.753. The summed E-state index contributed by atoms with van der Waals surface area (Å²) in [5.74, 6) is -1.53. The molecule has 1 fully saturated rings. The highest BCUT2D eigenvalue weighted by Gasteiger charge is 2.61. The first-order chi connectivity index (χ1) is 24.4. The van der Waals surface area contributed by atoms with Crippen molar-refractivity contribution in [3.05, 3.63) is 124 Å². The second-order valence-electron chi connectivity index (χ2n) is 11.5. The van der Waals surface area contributed by atoms with Gasteiger partial charge in [-0.25, -0.2) is 18.9 Å². The molecule has 4 atom stereocenters. The number of amides is 1. The number of imidazole rings is 1. The summed E-state index contributed by atoms with van der Waals surface area (Å²) in [6, 6.07) is 22.1. The van der Waals surface area contributed by atoms with Gasteiger partial charge in [-0.15, -0.1) is 11.8 Å². The van der Waals surface area contributed by atoms with E-state index in [0.29, 0.717) is 23.6 Å². The number of nitrogens with zero attached hydrogens (tertiary/aromatic N) is 3. The van der Waals surface area contributed by atoms with Gasteiger partial charge in [0.05, 0.1) is 23.0 Å². The third kappa shape index (κ3) is 9.01. The average molecular weight is 755 g/mol. The quantitative estimate of drug-likeness (QED) is 0.0403. The molecule has 14 nitrogen and oxygen atoms in total. The summed E-state index contributed by atoms with van der Waals surface area (Å²) < 4.78 is 23.2. The summed E-state index contributed by atoms with van der Waals surface area (Å²) in [5, 5.41) is 32.2. The van der Waals surface area contributed by atoms with Crippen LogP contribution in [0.2, 0.25) is 0 Å². The van der Waals surface area contributed by atoms with Gasteiger partial charge in [0.15, 0.2) is 0 Å². The number of aliphatic carboxylic acids is 1. The van der Waals surface area contributed by atoms with Crippen LogP contribution in [0.15, 0.2) is 113 Å². The summed E-state index contributed by atoms with van der Waals surface area (Å²) in [4.78, 5) is 52.1. The lowest BCUT2D eigenvalue weighted by atomic mass is 9.76. The topological polar surface area (TPSA) is 199 Å². The number of aliphatic hydroxyl groups excluding tert-OH is 1. The molecule has 2 aliphatic heterocycles. The molecule has 3 N–H and O–H groups in total. The van der Waals surface area contributed by atoms with Gasteiger partial charge < -0.3 is 29.1 Å². The van der Waals surface area contributed by atoms with Gasteiger partial charge in [-0.05, 0) is 61.2 Å². The number of rotatable bonds is 14. The lowest BCUT2D eigenvalue weighted by Crippen LogP contribution is -2.64. The van der Waals surface area contributed by atoms with E-state index in [2.05, 4.69) is 4.98 Å². The summed E-state index contributed by atoms with van der Waals surface area (Å²) in [6.07, 6.45) is 5.21. The second kappa shape index (κ2) is 16.6. The molecule has 1 saturated heterocycles. The number of carbonyl (C=O) groups is 2. The van der Waals surface area contributed by atoms with Gasteiger partial charge in [-0.1, -0.05) is 48.5 Å². The third-order valence-electron chi connectivity index (χ3n) is 8.16. The molecule has 17 heteroatoms. The zero-order chi connectivity index (χ0) is 36.7. The molecular formula is C34H35N4O10PS2. The SMILES string of the molecule is CSc1[nH]cc[n+]1CCSC1=C(C(=O)O)N2C(=O)[C@H]([C@@H](C)O)[C@@H]2C1Cc1ccc([N+](=O)[O-])cc1.O=P([O-])(Oc1ccccc1)Oc1ccccc1. The summed E-state index contributed by atoms with van der Waals surface area (Å²) >= 11 is 2.98. The van der Waals surface area contributed by atoms with E-state index in [1.165, 1.54) is 28.8 Å². The minimum atomic E-state index is -4.39. The molecule has 2 aliphatic rings. The van der Waals surface area contributed by atoms with Crippen molar-refractivity contribution in [1.29, 1.82) is 0 Å². The normalized spacial score (nSPS) is 18.6. The van der Waals surface area contributed by atoms with E-state index in [1.807, 2.05) is 23.2 Å². The van der Waals surface area contributed by atoms with Crippen molar-refractivity contribution in [3.63, 3.8) is 0 Å². The number of carbonyl (C=O) groups excluding carboxylic acids is 1. The summed E-state index contributed by atoms with van der Waals surface area (Å²) in [6.45, 7) is 2.18. The fourth-order valence-electron chi connectivity index (χ4n) is 5.96. The van der Waals surface area contributed by atoms with Crippen LogP contribution in [0.5, 0.6) is 11.5 Å². The van der Waals surface area contributed by atoms with Crippen LogP contribution in [-0.4, -0.2) is 61.1 Å². The van der Waals surface area contributed by atoms with Crippen molar-refractivity contribution in [2.24, 2.45) is 11.8 Å². The number of aryl methyl sites for hydroxylation is 1. The first-order valence-corrected chi connectivity index (χ1v) is 19.3. The minimum Gasteiger partial charge on any atom is -0.736 e. The van der Waals surface area contributed by atoms with Gasteiger partial charge in [-0.2, -0.15) is 0 Å². The Balaban J connectivity index is 0.000000248. The Morgan fingerprint density at radius 3 is 2.16 bits per heavy atom. The maximum atomic E-state index is 12.8. The fourth-order valence-corrected chi connectivity index (χ4v) is 8.60. The molecule has 51 heavy (non-hydrogen) atoms. The van der Waals surface area contributed by atoms with Crippen molar-refractivity contribution < 1.29 is 47.8 Å². The number of H-pyrrole nitrogens is 1. The molecule has 1 aromatic heterocycles. The number of aliphatic hydroxyl groups is 1. The number of fused-ring (bicyclic) bond motifs is 1. The number of nitro benzene ring substituents is 1. The van der Waals surface area contributed by atoms with E-state index >= 15 is 0 Å². The molecule has 1 amide bonds. The number of aromatic amines is 1. The van der Waals surface area contributed by atoms with Gasteiger partial charge in [0, 0.05) is 28.7 Å². The van der Waals surface area contributed by atoms with E-state index in [1.54, 1.807) is 91.5 Å². The van der Waals surface area contributed by atoms with Crippen LogP contribution in [0.25, 0.3) is 0 Å². The minimum absolute atomic E-state index is 0.0204. The van der Waals surface area contributed by atoms with Gasteiger partial charge in [0.2, 0.25) is 5.91 Å². The van der Waals surface area contributed by atoms with Crippen molar-refractivity contribution in [3.8, 4) is 11.5 Å². The predicted molar refractivity (Wildman–Crippen MR) is 188 cm³/mol. The van der Waals surface area contributed by atoms with E-state index in [0.717, 1.165) is 10.7 Å². The number of thioether (sulfide) groups is 2. The number of phosphoric ester groups is 1. The molecule has 0 spiro atoms. The van der Waals surface area contributed by atoms with Gasteiger partial charge in [0.25, 0.3) is 5.69 Å².